The molecule has 0 fully saturated rings. The van der Waals surface area contributed by atoms with Crippen LogP contribution >= 0.6 is 11.3 Å². The molecule has 1 aromatic carbocycles. The number of nitrogens with one attached hydrogen (secondary N) is 2. The van der Waals surface area contributed by atoms with Crippen LogP contribution in [0.5, 0.6) is 0 Å². The van der Waals surface area contributed by atoms with Crippen LogP contribution in [0.1, 0.15) is 30.5 Å². The SMILES string of the molecule is COC(=O)c1ccccc1NC(=O)c1coc(NC(=O)c2cccs2)n1. The van der Waals surface area contributed by atoms with Crippen molar-refractivity contribution in [3.63, 3.8) is 0 Å². The Morgan fingerprint density at radius 1 is 1.08 bits per heavy atom. The third kappa shape index (κ3) is 3.78. The molecule has 2 heterocycles. The first-order valence-corrected chi connectivity index (χ1v) is 8.25. The third-order valence-corrected chi connectivity index (χ3v) is 4.15. The van der Waals surface area contributed by atoms with Crippen molar-refractivity contribution in [3.05, 3.63) is 64.2 Å². The monoisotopic (exact) mass is 371 g/mol. The normalized spacial score (nSPS) is 10.2. The number of esters is 1. The molecule has 8 nitrogen and oxygen atoms in total. The molecule has 0 aliphatic rings. The summed E-state index contributed by atoms with van der Waals surface area (Å²) in [7, 11) is 1.25. The average molecular weight is 371 g/mol. The van der Waals surface area contributed by atoms with Crippen molar-refractivity contribution in [3.8, 4) is 0 Å². The lowest BCUT2D eigenvalue weighted by atomic mass is 10.2. The largest absolute Gasteiger partial charge is 0.465 e. The van der Waals surface area contributed by atoms with Gasteiger partial charge in [0.1, 0.15) is 6.26 Å². The molecule has 0 aliphatic heterocycles. The molecule has 9 heteroatoms. The van der Waals surface area contributed by atoms with Gasteiger partial charge in [-0.05, 0) is 23.6 Å². The fourth-order valence-corrected chi connectivity index (χ4v) is 2.69. The van der Waals surface area contributed by atoms with Crippen molar-refractivity contribution in [2.75, 3.05) is 17.7 Å². The summed E-state index contributed by atoms with van der Waals surface area (Å²) in [6, 6.07) is 9.69. The number of nitrogens with zero attached hydrogens (tertiary/aromatic N) is 1. The first-order chi connectivity index (χ1) is 12.6. The zero-order chi connectivity index (χ0) is 18.5. The van der Waals surface area contributed by atoms with Crippen LogP contribution < -0.4 is 10.6 Å². The molecule has 0 radical (unpaired) electrons. The number of aromatic nitrogens is 1. The number of methoxy groups -OCH3 is 1. The summed E-state index contributed by atoms with van der Waals surface area (Å²) < 4.78 is 9.78. The van der Waals surface area contributed by atoms with Crippen molar-refractivity contribution in [1.82, 2.24) is 4.98 Å². The maximum atomic E-state index is 12.3. The fourth-order valence-electron chi connectivity index (χ4n) is 2.07. The predicted octanol–water partition coefficient (Wildman–Crippen LogP) is 3.03. The van der Waals surface area contributed by atoms with Gasteiger partial charge in [-0.25, -0.2) is 4.79 Å². The van der Waals surface area contributed by atoms with Gasteiger partial charge < -0.3 is 14.5 Å². The number of hydrogen-bond donors (Lipinski definition) is 2. The highest BCUT2D eigenvalue weighted by molar-refractivity contribution is 7.12. The highest BCUT2D eigenvalue weighted by Crippen LogP contribution is 2.18. The van der Waals surface area contributed by atoms with Gasteiger partial charge in [0.2, 0.25) is 0 Å². The van der Waals surface area contributed by atoms with E-state index >= 15 is 0 Å². The maximum Gasteiger partial charge on any atom is 0.339 e. The summed E-state index contributed by atoms with van der Waals surface area (Å²) in [4.78, 5) is 40.4. The van der Waals surface area contributed by atoms with Crippen LogP contribution in [0.2, 0.25) is 0 Å². The van der Waals surface area contributed by atoms with E-state index in [4.69, 9.17) is 4.42 Å². The van der Waals surface area contributed by atoms with Gasteiger partial charge in [-0.3, -0.25) is 14.9 Å². The van der Waals surface area contributed by atoms with Crippen LogP contribution in [0.4, 0.5) is 11.7 Å². The molecular weight excluding hydrogens is 358 g/mol. The van der Waals surface area contributed by atoms with E-state index in [1.54, 1.807) is 35.7 Å². The van der Waals surface area contributed by atoms with Crippen molar-refractivity contribution in [2.45, 2.75) is 0 Å². The number of hydrogen-bond acceptors (Lipinski definition) is 7. The van der Waals surface area contributed by atoms with Crippen LogP contribution in [0, 0.1) is 0 Å². The second kappa shape index (κ2) is 7.62. The summed E-state index contributed by atoms with van der Waals surface area (Å²) in [5.74, 6) is -1.56. The van der Waals surface area contributed by atoms with E-state index in [1.165, 1.54) is 24.5 Å². The Bertz CT molecular complexity index is 949. The van der Waals surface area contributed by atoms with Gasteiger partial charge in [-0.15, -0.1) is 11.3 Å². The second-order valence-electron chi connectivity index (χ2n) is 4.96. The molecule has 0 saturated carbocycles. The van der Waals surface area contributed by atoms with E-state index in [0.717, 1.165) is 6.26 Å². The molecular formula is C17H13N3O5S. The Morgan fingerprint density at radius 3 is 2.62 bits per heavy atom. The molecule has 0 aliphatic carbocycles. The minimum absolute atomic E-state index is 0.0499. The number of oxazole rings is 1. The molecule has 0 unspecified atom stereocenters. The van der Waals surface area contributed by atoms with Gasteiger partial charge >= 0.3 is 12.0 Å². The van der Waals surface area contributed by atoms with Crippen LogP contribution in [-0.2, 0) is 4.74 Å². The highest BCUT2D eigenvalue weighted by atomic mass is 32.1. The van der Waals surface area contributed by atoms with E-state index in [1.807, 2.05) is 0 Å². The number of thiophene rings is 1. The lowest BCUT2D eigenvalue weighted by molar-refractivity contribution is 0.0601. The molecule has 0 saturated heterocycles. The summed E-state index contributed by atoms with van der Waals surface area (Å²) in [5, 5.41) is 6.79. The minimum atomic E-state index is -0.596. The number of ether oxygens (including phenoxy) is 1. The molecule has 2 amide bonds. The van der Waals surface area contributed by atoms with Crippen LogP contribution in [0.15, 0.2) is 52.5 Å². The Balaban J connectivity index is 1.71. The highest BCUT2D eigenvalue weighted by Gasteiger charge is 2.18. The van der Waals surface area contributed by atoms with Gasteiger partial charge in [-0.1, -0.05) is 18.2 Å². The Labute approximate surface area is 151 Å². The van der Waals surface area contributed by atoms with Crippen molar-refractivity contribution >= 4 is 40.8 Å². The van der Waals surface area contributed by atoms with Crippen molar-refractivity contribution in [2.24, 2.45) is 0 Å². The Hall–Kier alpha value is -3.46. The van der Waals surface area contributed by atoms with Crippen molar-refractivity contribution < 1.29 is 23.5 Å². The lowest BCUT2D eigenvalue weighted by Crippen LogP contribution is -2.16. The molecule has 0 atom stereocenters. The van der Waals surface area contributed by atoms with E-state index in [9.17, 15) is 14.4 Å². The molecule has 3 aromatic rings. The number of carbonyl (C=O) groups is 3. The smallest absolute Gasteiger partial charge is 0.339 e. The van der Waals surface area contributed by atoms with Gasteiger partial charge in [0.05, 0.1) is 23.2 Å². The number of benzene rings is 1. The second-order valence-corrected chi connectivity index (χ2v) is 5.91. The number of anilines is 2. The molecule has 0 bridgehead atoms. The number of amides is 2. The topological polar surface area (TPSA) is 111 Å². The van der Waals surface area contributed by atoms with E-state index in [-0.39, 0.29) is 28.9 Å². The zero-order valence-corrected chi connectivity index (χ0v) is 14.3. The zero-order valence-electron chi connectivity index (χ0n) is 13.5. The molecule has 132 valence electrons. The maximum absolute atomic E-state index is 12.3. The minimum Gasteiger partial charge on any atom is -0.465 e. The number of rotatable bonds is 5. The summed E-state index contributed by atoms with van der Waals surface area (Å²) in [6.45, 7) is 0. The summed E-state index contributed by atoms with van der Waals surface area (Å²) in [6.07, 6.45) is 1.11. The average Bonchev–Trinajstić information content (AvgIpc) is 3.33. The molecule has 26 heavy (non-hydrogen) atoms. The van der Waals surface area contributed by atoms with E-state index in [0.29, 0.717) is 4.88 Å². The molecule has 0 spiro atoms. The third-order valence-electron chi connectivity index (χ3n) is 3.28. The van der Waals surface area contributed by atoms with Gasteiger partial charge in [-0.2, -0.15) is 4.98 Å². The summed E-state index contributed by atoms with van der Waals surface area (Å²) in [5.41, 5.74) is 0.431. The quantitative estimate of drug-likeness (QED) is 0.667. The molecule has 3 rings (SSSR count). The van der Waals surface area contributed by atoms with E-state index in [2.05, 4.69) is 20.4 Å². The predicted molar refractivity (Wildman–Crippen MR) is 94.5 cm³/mol. The van der Waals surface area contributed by atoms with Crippen LogP contribution in [-0.4, -0.2) is 29.9 Å². The Kier molecular flexibility index (Phi) is 5.09. The Morgan fingerprint density at radius 2 is 1.88 bits per heavy atom. The standard InChI is InChI=1S/C17H13N3O5S/c1-24-16(23)10-5-2-3-6-11(10)18-14(21)12-9-25-17(19-12)20-15(22)13-7-4-8-26-13/h2-9H,1H3,(H,18,21)(H,19,20,22). The first-order valence-electron chi connectivity index (χ1n) is 7.37. The lowest BCUT2D eigenvalue weighted by Gasteiger charge is -2.08. The molecule has 2 N–H and O–H groups in total. The fraction of sp³-hybridized carbons (Fsp3) is 0.0588. The van der Waals surface area contributed by atoms with Crippen molar-refractivity contribution in [1.29, 1.82) is 0 Å². The summed E-state index contributed by atoms with van der Waals surface area (Å²) >= 11 is 1.27. The number of carbonyl (C=O) groups excluding carboxylic acids is 3. The van der Waals surface area contributed by atoms with Crippen LogP contribution in [0.25, 0.3) is 0 Å². The van der Waals surface area contributed by atoms with Gasteiger partial charge in [0.15, 0.2) is 5.69 Å². The van der Waals surface area contributed by atoms with E-state index < -0.39 is 11.9 Å². The van der Waals surface area contributed by atoms with Gasteiger partial charge in [0.25, 0.3) is 11.8 Å². The van der Waals surface area contributed by atoms with Gasteiger partial charge in [0, 0.05) is 0 Å². The number of para-hydroxylation sites is 1. The van der Waals surface area contributed by atoms with Crippen LogP contribution in [0.3, 0.4) is 0 Å². The first kappa shape index (κ1) is 17.4. The molecule has 2 aromatic heterocycles.